The van der Waals surface area contributed by atoms with Crippen molar-refractivity contribution in [1.82, 2.24) is 5.32 Å². The molecule has 0 bridgehead atoms. The molecule has 1 saturated heterocycles. The molecule has 1 amide bonds. The Kier molecular flexibility index (Phi) is 4.30. The average molecular weight is 261 g/mol. The van der Waals surface area contributed by atoms with E-state index in [4.69, 9.17) is 5.73 Å². The summed E-state index contributed by atoms with van der Waals surface area (Å²) in [6.45, 7) is 4.37. The highest BCUT2D eigenvalue weighted by atomic mass is 16.1. The van der Waals surface area contributed by atoms with E-state index in [2.05, 4.69) is 17.1 Å². The maximum Gasteiger partial charge on any atom is 0.251 e. The van der Waals surface area contributed by atoms with Crippen molar-refractivity contribution in [2.45, 2.75) is 26.2 Å². The van der Waals surface area contributed by atoms with Gasteiger partial charge in [-0.15, -0.1) is 0 Å². The van der Waals surface area contributed by atoms with E-state index in [0.29, 0.717) is 11.3 Å². The summed E-state index contributed by atoms with van der Waals surface area (Å²) in [6.07, 6.45) is 3.72. The molecular formula is C15H23N3O. The van der Waals surface area contributed by atoms with E-state index >= 15 is 0 Å². The number of piperidine rings is 1. The predicted molar refractivity (Wildman–Crippen MR) is 79.5 cm³/mol. The first-order valence-corrected chi connectivity index (χ1v) is 7.02. The number of anilines is 2. The fraction of sp³-hybridized carbons (Fsp3) is 0.533. The number of nitrogens with two attached hydrogens (primary N) is 1. The van der Waals surface area contributed by atoms with Gasteiger partial charge in [0.1, 0.15) is 0 Å². The van der Waals surface area contributed by atoms with Gasteiger partial charge in [0, 0.05) is 25.7 Å². The minimum atomic E-state index is -0.0945. The normalized spacial score (nSPS) is 16.4. The third-order valence-corrected chi connectivity index (χ3v) is 4.05. The first-order chi connectivity index (χ1) is 9.15. The topological polar surface area (TPSA) is 58.4 Å². The summed E-state index contributed by atoms with van der Waals surface area (Å²) in [5.41, 5.74) is 8.46. The van der Waals surface area contributed by atoms with Crippen LogP contribution in [-0.4, -0.2) is 26.0 Å². The summed E-state index contributed by atoms with van der Waals surface area (Å²) in [5, 5.41) is 2.61. The Morgan fingerprint density at radius 1 is 1.42 bits per heavy atom. The van der Waals surface area contributed by atoms with Crippen LogP contribution in [0.4, 0.5) is 11.4 Å². The number of carbonyl (C=O) groups excluding carboxylic acids is 1. The van der Waals surface area contributed by atoms with Crippen molar-refractivity contribution >= 4 is 17.3 Å². The van der Waals surface area contributed by atoms with Crippen LogP contribution in [0.15, 0.2) is 18.2 Å². The molecular weight excluding hydrogens is 238 g/mol. The number of amides is 1. The average Bonchev–Trinajstić information content (AvgIpc) is 2.46. The van der Waals surface area contributed by atoms with Gasteiger partial charge in [-0.05, 0) is 37.0 Å². The summed E-state index contributed by atoms with van der Waals surface area (Å²) in [5.74, 6) is 0.755. The molecule has 1 aliphatic heterocycles. The second-order valence-corrected chi connectivity index (χ2v) is 5.19. The molecule has 104 valence electrons. The lowest BCUT2D eigenvalue weighted by atomic mass is 9.94. The Balaban J connectivity index is 2.11. The van der Waals surface area contributed by atoms with Crippen molar-refractivity contribution in [2.24, 2.45) is 5.92 Å². The molecule has 0 atom stereocenters. The Bertz CT molecular complexity index is 451. The van der Waals surface area contributed by atoms with Gasteiger partial charge in [-0.3, -0.25) is 4.79 Å². The van der Waals surface area contributed by atoms with Crippen molar-refractivity contribution in [3.63, 3.8) is 0 Å². The highest BCUT2D eigenvalue weighted by Gasteiger charge is 2.19. The number of benzene rings is 1. The van der Waals surface area contributed by atoms with E-state index in [9.17, 15) is 4.79 Å². The van der Waals surface area contributed by atoms with Gasteiger partial charge in [0.15, 0.2) is 0 Å². The molecule has 2 rings (SSSR count). The Morgan fingerprint density at radius 2 is 2.11 bits per heavy atom. The van der Waals surface area contributed by atoms with Crippen molar-refractivity contribution < 1.29 is 4.79 Å². The molecule has 0 saturated carbocycles. The van der Waals surface area contributed by atoms with Crippen LogP contribution in [-0.2, 0) is 0 Å². The second-order valence-electron chi connectivity index (χ2n) is 5.19. The number of nitrogens with zero attached hydrogens (tertiary/aromatic N) is 1. The summed E-state index contributed by atoms with van der Waals surface area (Å²) < 4.78 is 0. The monoisotopic (exact) mass is 261 g/mol. The van der Waals surface area contributed by atoms with Crippen molar-refractivity contribution in [1.29, 1.82) is 0 Å². The van der Waals surface area contributed by atoms with Crippen LogP contribution >= 0.6 is 0 Å². The molecule has 0 spiro atoms. The lowest BCUT2D eigenvalue weighted by molar-refractivity contribution is 0.0963. The molecule has 1 aromatic rings. The minimum Gasteiger partial charge on any atom is -0.397 e. The molecule has 4 heteroatoms. The van der Waals surface area contributed by atoms with E-state index < -0.39 is 0 Å². The number of nitrogens with one attached hydrogen (secondary N) is 1. The molecule has 1 fully saturated rings. The third kappa shape index (κ3) is 3.00. The van der Waals surface area contributed by atoms with Crippen LogP contribution in [0, 0.1) is 5.92 Å². The Labute approximate surface area is 115 Å². The molecule has 0 aliphatic carbocycles. The number of nitrogen functional groups attached to an aromatic ring is 1. The van der Waals surface area contributed by atoms with Crippen LogP contribution in [0.2, 0.25) is 0 Å². The molecule has 4 nitrogen and oxygen atoms in total. The molecule has 0 unspecified atom stereocenters. The highest BCUT2D eigenvalue weighted by Crippen LogP contribution is 2.29. The molecule has 0 radical (unpaired) electrons. The largest absolute Gasteiger partial charge is 0.397 e. The molecule has 3 N–H and O–H groups in total. The van der Waals surface area contributed by atoms with Crippen molar-refractivity contribution in [2.75, 3.05) is 30.8 Å². The van der Waals surface area contributed by atoms with Gasteiger partial charge >= 0.3 is 0 Å². The second kappa shape index (κ2) is 5.95. The number of hydrogen-bond acceptors (Lipinski definition) is 3. The van der Waals surface area contributed by atoms with Crippen LogP contribution in [0.1, 0.15) is 36.5 Å². The standard InChI is InChI=1S/C15H23N3O/c1-3-11-6-8-18(9-7-11)14-5-4-12(10-13(14)16)15(19)17-2/h4-5,10-11H,3,6-9,16H2,1-2H3,(H,17,19). The van der Waals surface area contributed by atoms with Crippen LogP contribution in [0.25, 0.3) is 0 Å². The summed E-state index contributed by atoms with van der Waals surface area (Å²) in [4.78, 5) is 13.9. The van der Waals surface area contributed by atoms with E-state index in [1.54, 1.807) is 13.1 Å². The van der Waals surface area contributed by atoms with E-state index in [0.717, 1.165) is 24.7 Å². The zero-order valence-electron chi connectivity index (χ0n) is 11.8. The predicted octanol–water partition coefficient (Wildman–Crippen LogP) is 2.25. The van der Waals surface area contributed by atoms with Gasteiger partial charge in [0.05, 0.1) is 11.4 Å². The van der Waals surface area contributed by atoms with Crippen molar-refractivity contribution in [3.05, 3.63) is 23.8 Å². The first-order valence-electron chi connectivity index (χ1n) is 7.02. The van der Waals surface area contributed by atoms with Gasteiger partial charge < -0.3 is 16.0 Å². The quantitative estimate of drug-likeness (QED) is 0.821. The fourth-order valence-electron chi connectivity index (χ4n) is 2.71. The smallest absolute Gasteiger partial charge is 0.251 e. The van der Waals surface area contributed by atoms with Crippen LogP contribution in [0.3, 0.4) is 0 Å². The van der Waals surface area contributed by atoms with Crippen LogP contribution < -0.4 is 16.0 Å². The molecule has 19 heavy (non-hydrogen) atoms. The van der Waals surface area contributed by atoms with Crippen molar-refractivity contribution in [3.8, 4) is 0 Å². The Hall–Kier alpha value is -1.71. The summed E-state index contributed by atoms with van der Waals surface area (Å²) in [7, 11) is 1.63. The van der Waals surface area contributed by atoms with E-state index in [1.807, 2.05) is 12.1 Å². The third-order valence-electron chi connectivity index (χ3n) is 4.05. The summed E-state index contributed by atoms with van der Waals surface area (Å²) >= 11 is 0. The highest BCUT2D eigenvalue weighted by molar-refractivity contribution is 5.96. The van der Waals surface area contributed by atoms with E-state index in [-0.39, 0.29) is 5.91 Å². The number of hydrogen-bond donors (Lipinski definition) is 2. The zero-order valence-corrected chi connectivity index (χ0v) is 11.8. The maximum atomic E-state index is 11.6. The zero-order chi connectivity index (χ0) is 13.8. The lowest BCUT2D eigenvalue weighted by Crippen LogP contribution is -2.34. The lowest BCUT2D eigenvalue weighted by Gasteiger charge is -2.34. The maximum absolute atomic E-state index is 11.6. The number of rotatable bonds is 3. The molecule has 1 aliphatic rings. The molecule has 1 heterocycles. The Morgan fingerprint density at radius 3 is 2.63 bits per heavy atom. The fourth-order valence-corrected chi connectivity index (χ4v) is 2.71. The van der Waals surface area contributed by atoms with Gasteiger partial charge in [-0.25, -0.2) is 0 Å². The van der Waals surface area contributed by atoms with Crippen LogP contribution in [0.5, 0.6) is 0 Å². The molecule has 0 aromatic heterocycles. The minimum absolute atomic E-state index is 0.0945. The molecule has 1 aromatic carbocycles. The van der Waals surface area contributed by atoms with Gasteiger partial charge in [-0.1, -0.05) is 13.3 Å². The summed E-state index contributed by atoms with van der Waals surface area (Å²) in [6, 6.07) is 5.57. The van der Waals surface area contributed by atoms with Gasteiger partial charge in [0.2, 0.25) is 0 Å². The SMILES string of the molecule is CCC1CCN(c2ccc(C(=O)NC)cc2N)CC1. The number of carbonyl (C=O) groups is 1. The van der Waals surface area contributed by atoms with Gasteiger partial charge in [0.25, 0.3) is 5.91 Å². The first kappa shape index (κ1) is 13.7. The van der Waals surface area contributed by atoms with E-state index in [1.165, 1.54) is 19.3 Å². The van der Waals surface area contributed by atoms with Gasteiger partial charge in [-0.2, -0.15) is 0 Å².